The summed E-state index contributed by atoms with van der Waals surface area (Å²) in [6.45, 7) is 0.818. The Bertz CT molecular complexity index is 368. The smallest absolute Gasteiger partial charge is 0.157 e. The van der Waals surface area contributed by atoms with Crippen LogP contribution in [0.25, 0.3) is 0 Å². The van der Waals surface area contributed by atoms with Crippen LogP contribution in [0.1, 0.15) is 12.8 Å². The lowest BCUT2D eigenvalue weighted by Crippen LogP contribution is -2.38. The van der Waals surface area contributed by atoms with Gasteiger partial charge in [-0.05, 0) is 18.8 Å². The fourth-order valence-electron chi connectivity index (χ4n) is 1.91. The van der Waals surface area contributed by atoms with E-state index in [4.69, 9.17) is 22.1 Å². The summed E-state index contributed by atoms with van der Waals surface area (Å²) in [5, 5.41) is 3.56. The summed E-state index contributed by atoms with van der Waals surface area (Å²) in [6.07, 6.45) is 3.57. The quantitative estimate of drug-likeness (QED) is 0.784. The number of nitrogens with two attached hydrogens (primary N) is 1. The molecule has 0 atom stereocenters. The van der Waals surface area contributed by atoms with Gasteiger partial charge < -0.3 is 15.8 Å². The number of anilines is 2. The van der Waals surface area contributed by atoms with Crippen LogP contribution in [0, 0.1) is 5.92 Å². The summed E-state index contributed by atoms with van der Waals surface area (Å²) < 4.78 is 5.09. The number of nitrogens with one attached hydrogen (secondary N) is 1. The number of nitrogens with zero attached hydrogens (tertiary/aromatic N) is 2. The van der Waals surface area contributed by atoms with Crippen LogP contribution in [0.4, 0.5) is 11.5 Å². The predicted octanol–water partition coefficient (Wildman–Crippen LogP) is 1.55. The molecule has 0 unspecified atom stereocenters. The van der Waals surface area contributed by atoms with E-state index in [0.29, 0.717) is 28.6 Å². The standard InChI is InChI=1S/C10H15ClN4O/c1-16-4-6-2-7(3-6)15-10-8(12)9(11)13-5-14-10/h5-7H,2-4,12H2,1H3,(H,13,14,15). The fourth-order valence-corrected chi connectivity index (χ4v) is 2.04. The highest BCUT2D eigenvalue weighted by atomic mass is 35.5. The summed E-state index contributed by atoms with van der Waals surface area (Å²) in [6, 6.07) is 0.411. The maximum absolute atomic E-state index is 5.80. The second-order valence-electron chi connectivity index (χ2n) is 4.06. The van der Waals surface area contributed by atoms with Crippen LogP contribution >= 0.6 is 11.6 Å². The van der Waals surface area contributed by atoms with E-state index in [2.05, 4.69) is 15.3 Å². The van der Waals surface area contributed by atoms with E-state index >= 15 is 0 Å². The Hall–Kier alpha value is -1.07. The molecule has 1 heterocycles. The second kappa shape index (κ2) is 4.84. The molecule has 6 heteroatoms. The molecule has 2 rings (SSSR count). The molecule has 0 spiro atoms. The van der Waals surface area contributed by atoms with Crippen molar-refractivity contribution in [3.05, 3.63) is 11.5 Å². The van der Waals surface area contributed by atoms with E-state index in [-0.39, 0.29) is 0 Å². The van der Waals surface area contributed by atoms with Crippen LogP contribution in [0.5, 0.6) is 0 Å². The van der Waals surface area contributed by atoms with Crippen LogP contribution in [0.2, 0.25) is 5.15 Å². The van der Waals surface area contributed by atoms with E-state index in [1.54, 1.807) is 7.11 Å². The molecule has 0 amide bonds. The van der Waals surface area contributed by atoms with Gasteiger partial charge in [0.2, 0.25) is 0 Å². The van der Waals surface area contributed by atoms with Crippen LogP contribution in [-0.2, 0) is 4.74 Å². The largest absolute Gasteiger partial charge is 0.393 e. The van der Waals surface area contributed by atoms with Crippen molar-refractivity contribution in [2.75, 3.05) is 24.8 Å². The van der Waals surface area contributed by atoms with Gasteiger partial charge in [-0.2, -0.15) is 0 Å². The SMILES string of the molecule is COCC1CC(Nc2ncnc(Cl)c2N)C1. The number of nitrogen functional groups attached to an aromatic ring is 1. The first-order valence-corrected chi connectivity index (χ1v) is 5.60. The van der Waals surface area contributed by atoms with Gasteiger partial charge in [0.1, 0.15) is 12.0 Å². The Morgan fingerprint density at radius 1 is 1.56 bits per heavy atom. The summed E-state index contributed by atoms with van der Waals surface area (Å²) in [7, 11) is 1.73. The molecular formula is C10H15ClN4O. The minimum Gasteiger partial charge on any atom is -0.393 e. The predicted molar refractivity (Wildman–Crippen MR) is 63.5 cm³/mol. The molecule has 0 aromatic carbocycles. The Kier molecular flexibility index (Phi) is 3.46. The molecule has 1 aliphatic carbocycles. The van der Waals surface area contributed by atoms with Gasteiger partial charge in [-0.25, -0.2) is 9.97 Å². The first-order chi connectivity index (χ1) is 7.70. The molecule has 16 heavy (non-hydrogen) atoms. The summed E-state index contributed by atoms with van der Waals surface area (Å²) in [5.74, 6) is 1.27. The van der Waals surface area contributed by atoms with Gasteiger partial charge in [0.25, 0.3) is 0 Å². The third-order valence-electron chi connectivity index (χ3n) is 2.81. The van der Waals surface area contributed by atoms with Crippen LogP contribution in [-0.4, -0.2) is 29.7 Å². The van der Waals surface area contributed by atoms with Crippen LogP contribution < -0.4 is 11.1 Å². The molecular weight excluding hydrogens is 228 g/mol. The van der Waals surface area contributed by atoms with Crippen molar-refractivity contribution in [3.8, 4) is 0 Å². The minimum absolute atomic E-state index is 0.297. The summed E-state index contributed by atoms with van der Waals surface area (Å²) in [4.78, 5) is 7.87. The van der Waals surface area contributed by atoms with E-state index in [1.807, 2.05) is 0 Å². The molecule has 0 radical (unpaired) electrons. The van der Waals surface area contributed by atoms with Crippen molar-refractivity contribution < 1.29 is 4.74 Å². The molecule has 0 saturated heterocycles. The van der Waals surface area contributed by atoms with Gasteiger partial charge in [0.15, 0.2) is 11.0 Å². The van der Waals surface area contributed by atoms with Crippen molar-refractivity contribution >= 4 is 23.1 Å². The van der Waals surface area contributed by atoms with E-state index in [0.717, 1.165) is 19.4 Å². The Morgan fingerprint density at radius 2 is 2.31 bits per heavy atom. The molecule has 1 saturated carbocycles. The van der Waals surface area contributed by atoms with Crippen molar-refractivity contribution in [3.63, 3.8) is 0 Å². The Labute approximate surface area is 99.4 Å². The molecule has 1 fully saturated rings. The third kappa shape index (κ3) is 2.36. The molecule has 1 aromatic rings. The average Bonchev–Trinajstić information content (AvgIpc) is 2.21. The molecule has 1 aromatic heterocycles. The highest BCUT2D eigenvalue weighted by Crippen LogP contribution is 2.32. The molecule has 88 valence electrons. The number of halogens is 1. The molecule has 3 N–H and O–H groups in total. The van der Waals surface area contributed by atoms with E-state index in [9.17, 15) is 0 Å². The topological polar surface area (TPSA) is 73.1 Å². The molecule has 0 bridgehead atoms. The van der Waals surface area contributed by atoms with Crippen molar-refractivity contribution in [2.24, 2.45) is 5.92 Å². The zero-order chi connectivity index (χ0) is 11.5. The minimum atomic E-state index is 0.297. The Balaban J connectivity index is 1.89. The number of hydrogen-bond acceptors (Lipinski definition) is 5. The molecule has 1 aliphatic rings. The van der Waals surface area contributed by atoms with E-state index in [1.165, 1.54) is 6.33 Å². The zero-order valence-corrected chi connectivity index (χ0v) is 9.87. The lowest BCUT2D eigenvalue weighted by atomic mass is 9.81. The monoisotopic (exact) mass is 242 g/mol. The first kappa shape index (κ1) is 11.4. The fraction of sp³-hybridized carbons (Fsp3) is 0.600. The van der Waals surface area contributed by atoms with Crippen molar-refractivity contribution in [2.45, 2.75) is 18.9 Å². The van der Waals surface area contributed by atoms with Gasteiger partial charge in [-0.15, -0.1) is 0 Å². The molecule has 5 nitrogen and oxygen atoms in total. The number of ether oxygens (including phenoxy) is 1. The van der Waals surface area contributed by atoms with Crippen LogP contribution in [0.3, 0.4) is 0 Å². The maximum Gasteiger partial charge on any atom is 0.157 e. The number of methoxy groups -OCH3 is 1. The van der Waals surface area contributed by atoms with Gasteiger partial charge >= 0.3 is 0 Å². The summed E-state index contributed by atoms with van der Waals surface area (Å²) in [5.41, 5.74) is 6.17. The first-order valence-electron chi connectivity index (χ1n) is 5.22. The van der Waals surface area contributed by atoms with Gasteiger partial charge in [0, 0.05) is 19.8 Å². The highest BCUT2D eigenvalue weighted by molar-refractivity contribution is 6.32. The van der Waals surface area contributed by atoms with Crippen molar-refractivity contribution in [1.29, 1.82) is 0 Å². The second-order valence-corrected chi connectivity index (χ2v) is 4.42. The van der Waals surface area contributed by atoms with Gasteiger partial charge in [0.05, 0.1) is 0 Å². The zero-order valence-electron chi connectivity index (χ0n) is 9.11. The number of rotatable bonds is 4. The normalized spacial score (nSPS) is 23.9. The lowest BCUT2D eigenvalue weighted by Gasteiger charge is -2.35. The van der Waals surface area contributed by atoms with Crippen LogP contribution in [0.15, 0.2) is 6.33 Å². The highest BCUT2D eigenvalue weighted by Gasteiger charge is 2.29. The van der Waals surface area contributed by atoms with Crippen molar-refractivity contribution in [1.82, 2.24) is 9.97 Å². The maximum atomic E-state index is 5.80. The van der Waals surface area contributed by atoms with E-state index < -0.39 is 0 Å². The number of hydrogen-bond donors (Lipinski definition) is 2. The summed E-state index contributed by atoms with van der Waals surface area (Å²) >= 11 is 5.80. The molecule has 0 aliphatic heterocycles. The number of aromatic nitrogens is 2. The lowest BCUT2D eigenvalue weighted by molar-refractivity contribution is 0.104. The Morgan fingerprint density at radius 3 is 3.00 bits per heavy atom. The van der Waals surface area contributed by atoms with Gasteiger partial charge in [-0.1, -0.05) is 11.6 Å². The average molecular weight is 243 g/mol. The van der Waals surface area contributed by atoms with Gasteiger partial charge in [-0.3, -0.25) is 0 Å². The third-order valence-corrected chi connectivity index (χ3v) is 3.12.